The summed E-state index contributed by atoms with van der Waals surface area (Å²) in [5, 5.41) is 0. The fourth-order valence-corrected chi connectivity index (χ4v) is 1.81. The van der Waals surface area contributed by atoms with Crippen LogP contribution in [0.1, 0.15) is 6.92 Å². The number of nitrogens with zero attached hydrogens (tertiary/aromatic N) is 1. The van der Waals surface area contributed by atoms with Gasteiger partial charge in [0.1, 0.15) is 17.2 Å². The summed E-state index contributed by atoms with van der Waals surface area (Å²) in [6.45, 7) is 2.47. The summed E-state index contributed by atoms with van der Waals surface area (Å²) >= 11 is 3.33. The summed E-state index contributed by atoms with van der Waals surface area (Å²) in [4.78, 5) is 4.02. The summed E-state index contributed by atoms with van der Waals surface area (Å²) in [6, 6.07) is 7.26. The van der Waals surface area contributed by atoms with Gasteiger partial charge in [0, 0.05) is 10.7 Å². The van der Waals surface area contributed by atoms with Gasteiger partial charge in [-0.2, -0.15) is 0 Å². The molecule has 0 bridgehead atoms. The zero-order chi connectivity index (χ0) is 13.0. The lowest BCUT2D eigenvalue weighted by Gasteiger charge is -2.12. The number of para-hydroxylation sites is 1. The molecular formula is C13H13BrN2O2. The Morgan fingerprint density at radius 3 is 2.78 bits per heavy atom. The zero-order valence-electron chi connectivity index (χ0n) is 9.89. The molecule has 0 saturated carbocycles. The maximum Gasteiger partial charge on any atom is 0.154 e. The van der Waals surface area contributed by atoms with Crippen LogP contribution in [-0.2, 0) is 0 Å². The predicted octanol–water partition coefficient (Wildman–Crippen LogP) is 3.62. The molecule has 0 aliphatic rings. The number of benzene rings is 1. The number of rotatable bonds is 4. The topological polar surface area (TPSA) is 57.4 Å². The van der Waals surface area contributed by atoms with E-state index in [1.54, 1.807) is 18.5 Å². The summed E-state index contributed by atoms with van der Waals surface area (Å²) < 4.78 is 11.9. The van der Waals surface area contributed by atoms with Crippen LogP contribution in [0.25, 0.3) is 0 Å². The minimum atomic E-state index is 0.485. The third kappa shape index (κ3) is 2.92. The second-order valence-corrected chi connectivity index (χ2v) is 4.46. The second-order valence-electron chi connectivity index (χ2n) is 3.54. The Morgan fingerprint density at radius 2 is 2.06 bits per heavy atom. The van der Waals surface area contributed by atoms with Crippen molar-refractivity contribution in [1.29, 1.82) is 0 Å². The van der Waals surface area contributed by atoms with E-state index in [9.17, 15) is 0 Å². The van der Waals surface area contributed by atoms with Crippen LogP contribution in [0.2, 0.25) is 0 Å². The third-order valence-electron chi connectivity index (χ3n) is 2.23. The molecule has 0 unspecified atom stereocenters. The van der Waals surface area contributed by atoms with Crippen LogP contribution in [0.4, 0.5) is 5.69 Å². The fourth-order valence-electron chi connectivity index (χ4n) is 1.47. The number of ether oxygens (including phenoxy) is 2. The molecule has 0 atom stereocenters. The molecule has 1 aromatic heterocycles. The molecule has 2 N–H and O–H groups in total. The van der Waals surface area contributed by atoms with Crippen LogP contribution in [-0.4, -0.2) is 11.6 Å². The largest absolute Gasteiger partial charge is 0.492 e. The van der Waals surface area contributed by atoms with E-state index in [1.807, 2.05) is 25.1 Å². The Bertz CT molecular complexity index is 546. The van der Waals surface area contributed by atoms with Gasteiger partial charge in [0.25, 0.3) is 0 Å². The molecule has 2 aromatic rings. The Hall–Kier alpha value is -1.75. The van der Waals surface area contributed by atoms with Crippen molar-refractivity contribution in [3.8, 4) is 17.2 Å². The number of hydrogen-bond donors (Lipinski definition) is 1. The highest BCUT2D eigenvalue weighted by molar-refractivity contribution is 9.10. The van der Waals surface area contributed by atoms with E-state index in [0.29, 0.717) is 29.5 Å². The Labute approximate surface area is 114 Å². The van der Waals surface area contributed by atoms with Crippen LogP contribution in [0.3, 0.4) is 0 Å². The highest BCUT2D eigenvalue weighted by atomic mass is 79.9. The lowest BCUT2D eigenvalue weighted by Crippen LogP contribution is -1.99. The standard InChI is InChI=1S/C13H13BrN2O2/c1-2-17-11-4-3-5-12(13(11)15)18-10-6-9(14)7-16-8-10/h3-8H,2,15H2,1H3. The van der Waals surface area contributed by atoms with Crippen molar-refractivity contribution in [2.24, 2.45) is 0 Å². The monoisotopic (exact) mass is 308 g/mol. The number of pyridine rings is 1. The van der Waals surface area contributed by atoms with Gasteiger partial charge in [-0.1, -0.05) is 6.07 Å². The van der Waals surface area contributed by atoms with Gasteiger partial charge in [-0.3, -0.25) is 4.98 Å². The molecule has 0 aliphatic heterocycles. The molecule has 0 saturated heterocycles. The molecule has 0 spiro atoms. The highest BCUT2D eigenvalue weighted by Gasteiger charge is 2.08. The first-order chi connectivity index (χ1) is 8.70. The maximum atomic E-state index is 5.97. The van der Waals surface area contributed by atoms with Crippen molar-refractivity contribution in [3.05, 3.63) is 41.1 Å². The summed E-state index contributed by atoms with van der Waals surface area (Å²) in [5.41, 5.74) is 6.46. The molecule has 5 heteroatoms. The highest BCUT2D eigenvalue weighted by Crippen LogP contribution is 2.34. The first-order valence-electron chi connectivity index (χ1n) is 5.50. The first-order valence-corrected chi connectivity index (χ1v) is 6.29. The predicted molar refractivity (Wildman–Crippen MR) is 74.0 cm³/mol. The first kappa shape index (κ1) is 12.7. The van der Waals surface area contributed by atoms with Crippen molar-refractivity contribution in [1.82, 2.24) is 4.98 Å². The fraction of sp³-hybridized carbons (Fsp3) is 0.154. The third-order valence-corrected chi connectivity index (χ3v) is 2.67. The van der Waals surface area contributed by atoms with Gasteiger partial charge < -0.3 is 15.2 Å². The molecule has 1 heterocycles. The average Bonchev–Trinajstić information content (AvgIpc) is 2.35. The molecule has 0 fully saturated rings. The molecule has 0 aliphatic carbocycles. The van der Waals surface area contributed by atoms with Gasteiger partial charge in [-0.05, 0) is 41.1 Å². The van der Waals surface area contributed by atoms with E-state index < -0.39 is 0 Å². The summed E-state index contributed by atoms with van der Waals surface area (Å²) in [7, 11) is 0. The molecule has 4 nitrogen and oxygen atoms in total. The van der Waals surface area contributed by atoms with Crippen molar-refractivity contribution >= 4 is 21.6 Å². The van der Waals surface area contributed by atoms with E-state index in [-0.39, 0.29) is 0 Å². The van der Waals surface area contributed by atoms with Crippen molar-refractivity contribution < 1.29 is 9.47 Å². The number of halogens is 1. The van der Waals surface area contributed by atoms with Crippen LogP contribution in [0.15, 0.2) is 41.1 Å². The van der Waals surface area contributed by atoms with E-state index in [4.69, 9.17) is 15.2 Å². The van der Waals surface area contributed by atoms with Crippen molar-refractivity contribution in [2.45, 2.75) is 6.92 Å². The maximum absolute atomic E-state index is 5.97. The molecule has 1 aromatic carbocycles. The Morgan fingerprint density at radius 1 is 1.28 bits per heavy atom. The van der Waals surface area contributed by atoms with Gasteiger partial charge in [-0.15, -0.1) is 0 Å². The van der Waals surface area contributed by atoms with Gasteiger partial charge in [-0.25, -0.2) is 0 Å². The van der Waals surface area contributed by atoms with E-state index in [2.05, 4.69) is 20.9 Å². The Balaban J connectivity index is 2.26. The minimum Gasteiger partial charge on any atom is -0.492 e. The van der Waals surface area contributed by atoms with Gasteiger partial charge in [0.05, 0.1) is 12.8 Å². The van der Waals surface area contributed by atoms with E-state index in [1.165, 1.54) is 0 Å². The van der Waals surface area contributed by atoms with Gasteiger partial charge >= 0.3 is 0 Å². The minimum absolute atomic E-state index is 0.485. The summed E-state index contributed by atoms with van der Waals surface area (Å²) in [6.07, 6.45) is 3.31. The number of nitrogen functional groups attached to an aromatic ring is 1. The summed E-state index contributed by atoms with van der Waals surface area (Å²) in [5.74, 6) is 1.79. The molecule has 0 amide bonds. The number of nitrogens with two attached hydrogens (primary N) is 1. The Kier molecular flexibility index (Phi) is 4.04. The lowest BCUT2D eigenvalue weighted by molar-refractivity contribution is 0.340. The van der Waals surface area contributed by atoms with Crippen molar-refractivity contribution in [3.63, 3.8) is 0 Å². The zero-order valence-corrected chi connectivity index (χ0v) is 11.5. The van der Waals surface area contributed by atoms with Gasteiger partial charge in [0.2, 0.25) is 0 Å². The van der Waals surface area contributed by atoms with E-state index >= 15 is 0 Å². The smallest absolute Gasteiger partial charge is 0.154 e. The van der Waals surface area contributed by atoms with Crippen LogP contribution in [0, 0.1) is 0 Å². The lowest BCUT2D eigenvalue weighted by atomic mass is 10.2. The molecule has 0 radical (unpaired) electrons. The molecular weight excluding hydrogens is 296 g/mol. The second kappa shape index (κ2) is 5.73. The van der Waals surface area contributed by atoms with Crippen LogP contribution in [0.5, 0.6) is 17.2 Å². The van der Waals surface area contributed by atoms with Crippen molar-refractivity contribution in [2.75, 3.05) is 12.3 Å². The molecule has 94 valence electrons. The van der Waals surface area contributed by atoms with E-state index in [0.717, 1.165) is 4.47 Å². The quantitative estimate of drug-likeness (QED) is 0.876. The normalized spacial score (nSPS) is 10.1. The average molecular weight is 309 g/mol. The SMILES string of the molecule is CCOc1cccc(Oc2cncc(Br)c2)c1N. The van der Waals surface area contributed by atoms with Crippen LogP contribution >= 0.6 is 15.9 Å². The number of anilines is 1. The molecule has 18 heavy (non-hydrogen) atoms. The number of aromatic nitrogens is 1. The van der Waals surface area contributed by atoms with Gasteiger partial charge in [0.15, 0.2) is 5.75 Å². The number of hydrogen-bond acceptors (Lipinski definition) is 4. The molecule has 2 rings (SSSR count). The van der Waals surface area contributed by atoms with Crippen LogP contribution < -0.4 is 15.2 Å².